The molecule has 2 aliphatic rings. The molecule has 2 atom stereocenters. The summed E-state index contributed by atoms with van der Waals surface area (Å²) in [7, 11) is 0. The van der Waals surface area contributed by atoms with Gasteiger partial charge in [-0.3, -0.25) is 9.88 Å². The van der Waals surface area contributed by atoms with E-state index in [-0.39, 0.29) is 0 Å². The van der Waals surface area contributed by atoms with Crippen LogP contribution in [0.3, 0.4) is 0 Å². The predicted molar refractivity (Wildman–Crippen MR) is 82.4 cm³/mol. The van der Waals surface area contributed by atoms with Crippen molar-refractivity contribution in [1.82, 2.24) is 15.2 Å². The lowest BCUT2D eigenvalue weighted by Crippen LogP contribution is -2.33. The molecule has 0 bridgehead atoms. The number of nitrogens with zero attached hydrogens (tertiary/aromatic N) is 2. The van der Waals surface area contributed by atoms with Crippen molar-refractivity contribution >= 4 is 0 Å². The molecule has 1 saturated carbocycles. The SMILES string of the molecule is CCC1CCC(C)N1Cc1cccc(CNC2CC2)n1. The third-order valence-corrected chi connectivity index (χ3v) is 4.78. The zero-order chi connectivity index (χ0) is 13.9. The van der Waals surface area contributed by atoms with Gasteiger partial charge in [-0.1, -0.05) is 13.0 Å². The Balaban J connectivity index is 1.62. The first-order chi connectivity index (χ1) is 9.76. The highest BCUT2D eigenvalue weighted by atomic mass is 15.2. The van der Waals surface area contributed by atoms with Crippen molar-refractivity contribution in [2.75, 3.05) is 0 Å². The van der Waals surface area contributed by atoms with Gasteiger partial charge in [0, 0.05) is 31.2 Å². The van der Waals surface area contributed by atoms with Crippen LogP contribution in [-0.2, 0) is 13.1 Å². The minimum atomic E-state index is 0.704. The summed E-state index contributed by atoms with van der Waals surface area (Å²) in [5.41, 5.74) is 2.42. The molecule has 20 heavy (non-hydrogen) atoms. The molecule has 3 nitrogen and oxygen atoms in total. The normalized spacial score (nSPS) is 27.1. The van der Waals surface area contributed by atoms with E-state index >= 15 is 0 Å². The van der Waals surface area contributed by atoms with E-state index in [0.717, 1.165) is 25.2 Å². The Bertz CT molecular complexity index is 442. The fourth-order valence-electron chi connectivity index (χ4n) is 3.29. The summed E-state index contributed by atoms with van der Waals surface area (Å²) in [6.45, 7) is 6.59. The minimum absolute atomic E-state index is 0.704. The number of likely N-dealkylation sites (tertiary alicyclic amines) is 1. The van der Waals surface area contributed by atoms with Crippen molar-refractivity contribution in [1.29, 1.82) is 0 Å². The molecule has 0 radical (unpaired) electrons. The number of pyridine rings is 1. The first-order valence-corrected chi connectivity index (χ1v) is 8.20. The molecule has 1 aromatic rings. The van der Waals surface area contributed by atoms with Crippen LogP contribution in [0.2, 0.25) is 0 Å². The Labute approximate surface area is 122 Å². The molecule has 0 spiro atoms. The Kier molecular flexibility index (Phi) is 4.37. The number of nitrogens with one attached hydrogen (secondary N) is 1. The van der Waals surface area contributed by atoms with Crippen LogP contribution in [0.25, 0.3) is 0 Å². The van der Waals surface area contributed by atoms with Crippen molar-refractivity contribution in [3.8, 4) is 0 Å². The predicted octanol–water partition coefficient (Wildman–Crippen LogP) is 3.10. The summed E-state index contributed by atoms with van der Waals surface area (Å²) >= 11 is 0. The van der Waals surface area contributed by atoms with Crippen molar-refractivity contribution in [2.24, 2.45) is 0 Å². The highest BCUT2D eigenvalue weighted by Gasteiger charge is 2.29. The molecule has 2 heterocycles. The van der Waals surface area contributed by atoms with Gasteiger partial charge in [0.2, 0.25) is 0 Å². The summed E-state index contributed by atoms with van der Waals surface area (Å²) in [5.74, 6) is 0. The molecular weight excluding hydrogens is 246 g/mol. The van der Waals surface area contributed by atoms with E-state index in [1.807, 2.05) is 0 Å². The quantitative estimate of drug-likeness (QED) is 0.863. The Morgan fingerprint density at radius 2 is 2.00 bits per heavy atom. The molecule has 110 valence electrons. The van der Waals surface area contributed by atoms with E-state index in [1.165, 1.54) is 43.5 Å². The average molecular weight is 273 g/mol. The molecule has 1 aliphatic heterocycles. The van der Waals surface area contributed by atoms with Gasteiger partial charge in [0.05, 0.1) is 11.4 Å². The van der Waals surface area contributed by atoms with Crippen molar-refractivity contribution in [3.05, 3.63) is 29.6 Å². The molecule has 2 unspecified atom stereocenters. The third kappa shape index (κ3) is 3.39. The summed E-state index contributed by atoms with van der Waals surface area (Å²) in [5, 5.41) is 3.55. The van der Waals surface area contributed by atoms with E-state index in [4.69, 9.17) is 4.98 Å². The molecule has 3 rings (SSSR count). The highest BCUT2D eigenvalue weighted by Crippen LogP contribution is 2.27. The van der Waals surface area contributed by atoms with Crippen LogP contribution in [0.15, 0.2) is 18.2 Å². The summed E-state index contributed by atoms with van der Waals surface area (Å²) in [6, 6.07) is 8.69. The third-order valence-electron chi connectivity index (χ3n) is 4.78. The van der Waals surface area contributed by atoms with E-state index < -0.39 is 0 Å². The topological polar surface area (TPSA) is 28.2 Å². The zero-order valence-electron chi connectivity index (χ0n) is 12.8. The van der Waals surface area contributed by atoms with Gasteiger partial charge in [-0.05, 0) is 51.2 Å². The first-order valence-electron chi connectivity index (χ1n) is 8.20. The maximum absolute atomic E-state index is 4.83. The lowest BCUT2D eigenvalue weighted by molar-refractivity contribution is 0.187. The minimum Gasteiger partial charge on any atom is -0.308 e. The fraction of sp³-hybridized carbons (Fsp3) is 0.706. The molecule has 2 fully saturated rings. The number of rotatable bonds is 6. The largest absolute Gasteiger partial charge is 0.308 e. The van der Waals surface area contributed by atoms with Crippen LogP contribution < -0.4 is 5.32 Å². The van der Waals surface area contributed by atoms with Gasteiger partial charge in [0.25, 0.3) is 0 Å². The van der Waals surface area contributed by atoms with Gasteiger partial charge in [0.1, 0.15) is 0 Å². The van der Waals surface area contributed by atoms with Gasteiger partial charge in [-0.15, -0.1) is 0 Å². The van der Waals surface area contributed by atoms with Gasteiger partial charge in [0.15, 0.2) is 0 Å². The maximum Gasteiger partial charge on any atom is 0.0548 e. The molecule has 0 aromatic carbocycles. The zero-order valence-corrected chi connectivity index (χ0v) is 12.8. The molecule has 0 amide bonds. The standard InChI is InChI=1S/C17H27N3/c1-3-17-10-7-13(2)20(17)12-16-6-4-5-15(19-16)11-18-14-8-9-14/h4-6,13-14,17-18H,3,7-12H2,1-2H3. The highest BCUT2D eigenvalue weighted by molar-refractivity contribution is 5.12. The molecular formula is C17H27N3. The van der Waals surface area contributed by atoms with E-state index in [0.29, 0.717) is 6.04 Å². The fourth-order valence-corrected chi connectivity index (χ4v) is 3.29. The van der Waals surface area contributed by atoms with Gasteiger partial charge in [-0.2, -0.15) is 0 Å². The van der Waals surface area contributed by atoms with Crippen LogP contribution >= 0.6 is 0 Å². The van der Waals surface area contributed by atoms with E-state index in [2.05, 4.69) is 42.3 Å². The van der Waals surface area contributed by atoms with E-state index in [9.17, 15) is 0 Å². The second-order valence-electron chi connectivity index (χ2n) is 6.44. The number of hydrogen-bond donors (Lipinski definition) is 1. The van der Waals surface area contributed by atoms with Gasteiger partial charge < -0.3 is 5.32 Å². The van der Waals surface area contributed by atoms with Crippen LogP contribution in [0.4, 0.5) is 0 Å². The summed E-state index contributed by atoms with van der Waals surface area (Å²) in [6.07, 6.45) is 6.61. The molecule has 1 N–H and O–H groups in total. The van der Waals surface area contributed by atoms with Crippen LogP contribution in [-0.4, -0.2) is 28.0 Å². The first kappa shape index (κ1) is 14.0. The van der Waals surface area contributed by atoms with Gasteiger partial charge in [-0.25, -0.2) is 0 Å². The van der Waals surface area contributed by atoms with Crippen molar-refractivity contribution < 1.29 is 0 Å². The average Bonchev–Trinajstić information content (AvgIpc) is 3.23. The monoisotopic (exact) mass is 273 g/mol. The Hall–Kier alpha value is -0.930. The van der Waals surface area contributed by atoms with Crippen LogP contribution in [0.5, 0.6) is 0 Å². The number of aromatic nitrogens is 1. The second-order valence-corrected chi connectivity index (χ2v) is 6.44. The summed E-state index contributed by atoms with van der Waals surface area (Å²) in [4.78, 5) is 7.47. The van der Waals surface area contributed by atoms with Crippen molar-refractivity contribution in [3.63, 3.8) is 0 Å². The lowest BCUT2D eigenvalue weighted by Gasteiger charge is -2.27. The molecule has 1 saturated heterocycles. The second kappa shape index (κ2) is 6.23. The van der Waals surface area contributed by atoms with Gasteiger partial charge >= 0.3 is 0 Å². The van der Waals surface area contributed by atoms with Crippen LogP contribution in [0.1, 0.15) is 57.3 Å². The number of hydrogen-bond acceptors (Lipinski definition) is 3. The smallest absolute Gasteiger partial charge is 0.0548 e. The molecule has 3 heteroatoms. The summed E-state index contributed by atoms with van der Waals surface area (Å²) < 4.78 is 0. The molecule has 1 aromatic heterocycles. The van der Waals surface area contributed by atoms with Crippen LogP contribution in [0, 0.1) is 0 Å². The maximum atomic E-state index is 4.83. The van der Waals surface area contributed by atoms with E-state index in [1.54, 1.807) is 0 Å². The van der Waals surface area contributed by atoms with Crippen molar-refractivity contribution in [2.45, 2.75) is 77.2 Å². The lowest BCUT2D eigenvalue weighted by atomic mass is 10.1. The Morgan fingerprint density at radius 3 is 2.75 bits per heavy atom. The Morgan fingerprint density at radius 1 is 1.20 bits per heavy atom. The molecule has 1 aliphatic carbocycles.